The summed E-state index contributed by atoms with van der Waals surface area (Å²) in [5.41, 5.74) is 2.40. The van der Waals surface area contributed by atoms with Gasteiger partial charge >= 0.3 is 0 Å². The number of carbonyl (C=O) groups excluding carboxylic acids is 1. The molecule has 1 saturated carbocycles. The molecule has 0 spiro atoms. The van der Waals surface area contributed by atoms with Gasteiger partial charge in [-0.15, -0.1) is 0 Å². The third-order valence-electron chi connectivity index (χ3n) is 4.35. The molecule has 1 nitrogen and oxygen atoms in total. The maximum Gasteiger partial charge on any atom is 0.165 e. The smallest absolute Gasteiger partial charge is 0.165 e. The average molecular weight is 226 g/mol. The number of aryl methyl sites for hydroxylation is 1. The highest BCUT2D eigenvalue weighted by molar-refractivity contribution is 5.99. The van der Waals surface area contributed by atoms with Crippen molar-refractivity contribution in [3.05, 3.63) is 48.0 Å². The van der Waals surface area contributed by atoms with E-state index in [4.69, 9.17) is 0 Å². The lowest BCUT2D eigenvalue weighted by Crippen LogP contribution is -2.32. The molecule has 0 amide bonds. The first-order valence-electron chi connectivity index (χ1n) is 6.51. The van der Waals surface area contributed by atoms with E-state index in [0.29, 0.717) is 0 Å². The van der Waals surface area contributed by atoms with Gasteiger partial charge in [-0.2, -0.15) is 0 Å². The number of ketones is 1. The van der Waals surface area contributed by atoms with Crippen LogP contribution in [0.4, 0.5) is 0 Å². The standard InChI is InChI=1S/C16H18O/c1-2-15(17)16(11-12-7-8-12)10-9-13-5-3-4-6-14(13)16/h2-6,12H,1,7-11H2. The van der Waals surface area contributed by atoms with E-state index in [0.717, 1.165) is 25.2 Å². The summed E-state index contributed by atoms with van der Waals surface area (Å²) < 4.78 is 0. The van der Waals surface area contributed by atoms with Crippen molar-refractivity contribution in [1.82, 2.24) is 0 Å². The summed E-state index contributed by atoms with van der Waals surface area (Å²) in [4.78, 5) is 12.3. The maximum absolute atomic E-state index is 12.3. The van der Waals surface area contributed by atoms with Gasteiger partial charge in [-0.1, -0.05) is 43.7 Å². The number of carbonyl (C=O) groups is 1. The van der Waals surface area contributed by atoms with Crippen LogP contribution in [0.1, 0.15) is 36.8 Å². The molecular weight excluding hydrogens is 208 g/mol. The molecule has 1 aromatic rings. The molecule has 1 fully saturated rings. The van der Waals surface area contributed by atoms with Crippen LogP contribution in [0.3, 0.4) is 0 Å². The van der Waals surface area contributed by atoms with Gasteiger partial charge in [-0.05, 0) is 42.4 Å². The van der Waals surface area contributed by atoms with E-state index in [-0.39, 0.29) is 11.2 Å². The highest BCUT2D eigenvalue weighted by Gasteiger charge is 2.46. The summed E-state index contributed by atoms with van der Waals surface area (Å²) in [6, 6.07) is 8.44. The predicted molar refractivity (Wildman–Crippen MR) is 69.0 cm³/mol. The van der Waals surface area contributed by atoms with Crippen molar-refractivity contribution in [2.24, 2.45) is 5.92 Å². The van der Waals surface area contributed by atoms with Gasteiger partial charge in [-0.25, -0.2) is 0 Å². The van der Waals surface area contributed by atoms with Crippen LogP contribution >= 0.6 is 0 Å². The van der Waals surface area contributed by atoms with Crippen molar-refractivity contribution >= 4 is 5.78 Å². The monoisotopic (exact) mass is 226 g/mol. The Labute approximate surface area is 103 Å². The largest absolute Gasteiger partial charge is 0.294 e. The zero-order chi connectivity index (χ0) is 11.9. The summed E-state index contributed by atoms with van der Waals surface area (Å²) >= 11 is 0. The third-order valence-corrected chi connectivity index (χ3v) is 4.35. The molecule has 2 aliphatic rings. The second-order valence-electron chi connectivity index (χ2n) is 5.46. The Hall–Kier alpha value is -1.37. The molecule has 88 valence electrons. The Kier molecular flexibility index (Phi) is 2.43. The summed E-state index contributed by atoms with van der Waals surface area (Å²) in [5, 5.41) is 0. The summed E-state index contributed by atoms with van der Waals surface area (Å²) in [7, 11) is 0. The summed E-state index contributed by atoms with van der Waals surface area (Å²) in [6.45, 7) is 3.70. The molecule has 1 aromatic carbocycles. The molecular formula is C16H18O. The molecule has 0 aromatic heterocycles. The van der Waals surface area contributed by atoms with Crippen LogP contribution in [-0.2, 0) is 16.6 Å². The van der Waals surface area contributed by atoms with E-state index in [1.807, 2.05) is 0 Å². The second-order valence-corrected chi connectivity index (χ2v) is 5.46. The van der Waals surface area contributed by atoms with Gasteiger partial charge < -0.3 is 0 Å². The van der Waals surface area contributed by atoms with Crippen LogP contribution in [0.5, 0.6) is 0 Å². The Morgan fingerprint density at radius 2 is 2.18 bits per heavy atom. The van der Waals surface area contributed by atoms with Gasteiger partial charge in [0.05, 0.1) is 5.41 Å². The van der Waals surface area contributed by atoms with Gasteiger partial charge in [0.2, 0.25) is 0 Å². The number of hydrogen-bond donors (Lipinski definition) is 0. The second kappa shape index (κ2) is 3.83. The normalized spacial score (nSPS) is 26.6. The minimum atomic E-state index is -0.237. The molecule has 2 aliphatic carbocycles. The lowest BCUT2D eigenvalue weighted by Gasteiger charge is -2.27. The first-order valence-corrected chi connectivity index (χ1v) is 6.51. The topological polar surface area (TPSA) is 17.1 Å². The van der Waals surface area contributed by atoms with Crippen molar-refractivity contribution < 1.29 is 4.79 Å². The van der Waals surface area contributed by atoms with Gasteiger partial charge in [0.1, 0.15) is 0 Å². The Bertz CT molecular complexity index is 470. The Morgan fingerprint density at radius 3 is 2.88 bits per heavy atom. The molecule has 1 heteroatoms. The number of allylic oxidation sites excluding steroid dienone is 1. The zero-order valence-electron chi connectivity index (χ0n) is 10.1. The SMILES string of the molecule is C=CC(=O)C1(CC2CC2)CCc2ccccc21. The summed E-state index contributed by atoms with van der Waals surface area (Å²) in [6.07, 6.45) is 7.19. The van der Waals surface area contributed by atoms with Gasteiger partial charge in [-0.3, -0.25) is 4.79 Å². The van der Waals surface area contributed by atoms with Crippen molar-refractivity contribution in [3.63, 3.8) is 0 Å². The van der Waals surface area contributed by atoms with Crippen LogP contribution in [0.15, 0.2) is 36.9 Å². The van der Waals surface area contributed by atoms with E-state index < -0.39 is 0 Å². The average Bonchev–Trinajstić information content (AvgIpc) is 3.10. The molecule has 0 heterocycles. The highest BCUT2D eigenvalue weighted by atomic mass is 16.1. The maximum atomic E-state index is 12.3. The quantitative estimate of drug-likeness (QED) is 0.719. The van der Waals surface area contributed by atoms with E-state index in [9.17, 15) is 4.79 Å². The zero-order valence-corrected chi connectivity index (χ0v) is 10.1. The lowest BCUT2D eigenvalue weighted by molar-refractivity contribution is -0.120. The third kappa shape index (κ3) is 1.65. The number of benzene rings is 1. The minimum absolute atomic E-state index is 0.231. The van der Waals surface area contributed by atoms with E-state index in [1.165, 1.54) is 30.0 Å². The molecule has 0 bridgehead atoms. The lowest BCUT2D eigenvalue weighted by atomic mass is 9.73. The molecule has 0 radical (unpaired) electrons. The number of rotatable bonds is 4. The molecule has 1 atom stereocenters. The molecule has 17 heavy (non-hydrogen) atoms. The van der Waals surface area contributed by atoms with Gasteiger partial charge in [0, 0.05) is 0 Å². The molecule has 0 saturated heterocycles. The highest BCUT2D eigenvalue weighted by Crippen LogP contribution is 2.49. The van der Waals surface area contributed by atoms with Crippen LogP contribution < -0.4 is 0 Å². The van der Waals surface area contributed by atoms with Crippen molar-refractivity contribution in [3.8, 4) is 0 Å². The summed E-state index contributed by atoms with van der Waals surface area (Å²) in [5.74, 6) is 0.999. The van der Waals surface area contributed by atoms with Crippen LogP contribution in [-0.4, -0.2) is 5.78 Å². The van der Waals surface area contributed by atoms with Crippen LogP contribution in [0.25, 0.3) is 0 Å². The first kappa shape index (κ1) is 10.8. The number of fused-ring (bicyclic) bond motifs is 1. The number of hydrogen-bond acceptors (Lipinski definition) is 1. The van der Waals surface area contributed by atoms with E-state index in [1.54, 1.807) is 0 Å². The van der Waals surface area contributed by atoms with Crippen molar-refractivity contribution in [2.75, 3.05) is 0 Å². The molecule has 3 rings (SSSR count). The van der Waals surface area contributed by atoms with E-state index in [2.05, 4.69) is 30.8 Å². The Morgan fingerprint density at radius 1 is 1.41 bits per heavy atom. The molecule has 0 aliphatic heterocycles. The fourth-order valence-electron chi connectivity index (χ4n) is 3.27. The van der Waals surface area contributed by atoms with Gasteiger partial charge in [0.15, 0.2) is 5.78 Å². The van der Waals surface area contributed by atoms with Crippen LogP contribution in [0.2, 0.25) is 0 Å². The first-order chi connectivity index (χ1) is 8.26. The Balaban J connectivity index is 2.05. The van der Waals surface area contributed by atoms with Crippen LogP contribution in [0, 0.1) is 5.92 Å². The van der Waals surface area contributed by atoms with Crippen molar-refractivity contribution in [2.45, 2.75) is 37.5 Å². The molecule has 0 N–H and O–H groups in total. The van der Waals surface area contributed by atoms with E-state index >= 15 is 0 Å². The molecule has 1 unspecified atom stereocenters. The predicted octanol–water partition coefficient (Wildman–Crippen LogP) is 3.43. The fourth-order valence-corrected chi connectivity index (χ4v) is 3.27. The fraction of sp³-hybridized carbons (Fsp3) is 0.438. The minimum Gasteiger partial charge on any atom is -0.294 e. The van der Waals surface area contributed by atoms with Crippen molar-refractivity contribution in [1.29, 1.82) is 0 Å². The van der Waals surface area contributed by atoms with Gasteiger partial charge in [0.25, 0.3) is 0 Å².